The molecule has 0 aliphatic heterocycles. The van der Waals surface area contributed by atoms with E-state index in [1.807, 2.05) is 51.1 Å². The SMILES string of the molecule is CCCCOC(=O)Cn1c(=O)n(CC(C)C)c2cc(-c3cccc(OC)c3)cnc21. The topological polar surface area (TPSA) is 75.3 Å². The molecule has 0 amide bonds. The highest BCUT2D eigenvalue weighted by Crippen LogP contribution is 2.26. The molecule has 0 saturated heterocycles. The third-order valence-electron chi connectivity index (χ3n) is 4.85. The number of fused-ring (bicyclic) bond motifs is 1. The minimum Gasteiger partial charge on any atom is -0.497 e. The molecule has 0 bridgehead atoms. The summed E-state index contributed by atoms with van der Waals surface area (Å²) in [6.45, 7) is 6.89. The van der Waals surface area contributed by atoms with Crippen molar-refractivity contribution < 1.29 is 14.3 Å². The van der Waals surface area contributed by atoms with Crippen molar-refractivity contribution in [1.82, 2.24) is 14.1 Å². The predicted molar refractivity (Wildman–Crippen MR) is 117 cm³/mol. The molecule has 0 fully saturated rings. The van der Waals surface area contributed by atoms with Crippen molar-refractivity contribution in [2.45, 2.75) is 46.7 Å². The van der Waals surface area contributed by atoms with Crippen LogP contribution >= 0.6 is 0 Å². The molecule has 0 atom stereocenters. The van der Waals surface area contributed by atoms with Crippen molar-refractivity contribution in [3.63, 3.8) is 0 Å². The average molecular weight is 412 g/mol. The van der Waals surface area contributed by atoms with Gasteiger partial charge in [0.1, 0.15) is 12.3 Å². The van der Waals surface area contributed by atoms with Crippen LogP contribution in [0.15, 0.2) is 41.3 Å². The van der Waals surface area contributed by atoms with Crippen molar-refractivity contribution in [2.75, 3.05) is 13.7 Å². The number of carbonyl (C=O) groups excluding carboxylic acids is 1. The van der Waals surface area contributed by atoms with Crippen LogP contribution in [0, 0.1) is 5.92 Å². The van der Waals surface area contributed by atoms with E-state index in [1.165, 1.54) is 4.57 Å². The maximum atomic E-state index is 13.1. The third kappa shape index (κ3) is 4.72. The molecule has 0 N–H and O–H groups in total. The molecule has 2 aromatic heterocycles. The van der Waals surface area contributed by atoms with Gasteiger partial charge in [-0.05, 0) is 36.1 Å². The van der Waals surface area contributed by atoms with Gasteiger partial charge < -0.3 is 9.47 Å². The Bertz CT molecular complexity index is 1080. The number of imidazole rings is 1. The molecule has 0 saturated carbocycles. The van der Waals surface area contributed by atoms with Gasteiger partial charge in [-0.1, -0.05) is 39.3 Å². The van der Waals surface area contributed by atoms with Gasteiger partial charge in [0.25, 0.3) is 0 Å². The van der Waals surface area contributed by atoms with Crippen LogP contribution in [0.4, 0.5) is 0 Å². The van der Waals surface area contributed by atoms with Crippen LogP contribution < -0.4 is 10.4 Å². The van der Waals surface area contributed by atoms with E-state index in [0.29, 0.717) is 24.3 Å². The fraction of sp³-hybridized carbons (Fsp3) is 0.435. The Hall–Kier alpha value is -3.09. The molecule has 160 valence electrons. The number of pyridine rings is 1. The molecule has 0 aliphatic carbocycles. The Balaban J connectivity index is 2.04. The van der Waals surface area contributed by atoms with Crippen molar-refractivity contribution in [3.05, 3.63) is 47.0 Å². The van der Waals surface area contributed by atoms with Gasteiger partial charge in [-0.15, -0.1) is 0 Å². The van der Waals surface area contributed by atoms with E-state index in [4.69, 9.17) is 9.47 Å². The highest BCUT2D eigenvalue weighted by Gasteiger charge is 2.19. The van der Waals surface area contributed by atoms with Gasteiger partial charge in [-0.2, -0.15) is 0 Å². The van der Waals surface area contributed by atoms with E-state index in [1.54, 1.807) is 17.9 Å². The molecule has 0 aliphatic rings. The first-order valence-corrected chi connectivity index (χ1v) is 10.3. The molecule has 30 heavy (non-hydrogen) atoms. The number of carbonyl (C=O) groups is 1. The summed E-state index contributed by atoms with van der Waals surface area (Å²) < 4.78 is 13.7. The van der Waals surface area contributed by atoms with Gasteiger partial charge >= 0.3 is 11.7 Å². The van der Waals surface area contributed by atoms with Crippen LogP contribution in [0.1, 0.15) is 33.6 Å². The predicted octanol–water partition coefficient (Wildman–Crippen LogP) is 3.87. The number of rotatable bonds is 9. The van der Waals surface area contributed by atoms with Gasteiger partial charge in [-0.3, -0.25) is 13.9 Å². The van der Waals surface area contributed by atoms with Crippen LogP contribution in [0.3, 0.4) is 0 Å². The highest BCUT2D eigenvalue weighted by molar-refractivity contribution is 5.80. The van der Waals surface area contributed by atoms with Crippen LogP contribution in [-0.2, 0) is 22.6 Å². The molecule has 1 aromatic carbocycles. The lowest BCUT2D eigenvalue weighted by Gasteiger charge is -2.08. The van der Waals surface area contributed by atoms with Gasteiger partial charge in [0.15, 0.2) is 5.65 Å². The lowest BCUT2D eigenvalue weighted by atomic mass is 10.1. The fourth-order valence-electron chi connectivity index (χ4n) is 3.34. The molecule has 7 heteroatoms. The molecular weight excluding hydrogens is 382 g/mol. The standard InChI is InChI=1S/C23H29N3O4/c1-5-6-10-30-21(27)15-26-22-20(25(23(26)28)14-16(2)3)12-18(13-24-22)17-8-7-9-19(11-17)29-4/h7-9,11-13,16H,5-6,10,14-15H2,1-4H3. The first-order valence-electron chi connectivity index (χ1n) is 10.3. The normalized spacial score (nSPS) is 11.2. The summed E-state index contributed by atoms with van der Waals surface area (Å²) in [7, 11) is 1.63. The minimum absolute atomic E-state index is 0.143. The Kier molecular flexibility index (Phi) is 6.92. The molecule has 0 unspecified atom stereocenters. The lowest BCUT2D eigenvalue weighted by Crippen LogP contribution is -2.29. The molecule has 2 heterocycles. The number of nitrogens with zero attached hydrogens (tertiary/aromatic N) is 3. The monoisotopic (exact) mass is 411 g/mol. The van der Waals surface area contributed by atoms with E-state index in [-0.39, 0.29) is 18.2 Å². The second kappa shape index (κ2) is 9.61. The summed E-state index contributed by atoms with van der Waals surface area (Å²) in [5.41, 5.74) is 2.76. The van der Waals surface area contributed by atoms with Crippen molar-refractivity contribution in [1.29, 1.82) is 0 Å². The molecule has 7 nitrogen and oxygen atoms in total. The molecule has 0 radical (unpaired) electrons. The van der Waals surface area contributed by atoms with E-state index < -0.39 is 5.97 Å². The first kappa shape index (κ1) is 21.6. The Morgan fingerprint density at radius 1 is 1.17 bits per heavy atom. The zero-order chi connectivity index (χ0) is 21.7. The van der Waals surface area contributed by atoms with Crippen molar-refractivity contribution >= 4 is 17.1 Å². The Morgan fingerprint density at radius 3 is 2.67 bits per heavy atom. The van der Waals surface area contributed by atoms with E-state index in [2.05, 4.69) is 4.98 Å². The van der Waals surface area contributed by atoms with Crippen molar-refractivity contribution in [3.8, 4) is 16.9 Å². The third-order valence-corrected chi connectivity index (χ3v) is 4.85. The molecular formula is C23H29N3O4. The van der Waals surface area contributed by atoms with E-state index >= 15 is 0 Å². The lowest BCUT2D eigenvalue weighted by molar-refractivity contribution is -0.144. The number of aromatic nitrogens is 3. The molecule has 3 aromatic rings. The molecule has 3 rings (SSSR count). The number of hydrogen-bond acceptors (Lipinski definition) is 5. The number of benzene rings is 1. The summed E-state index contributed by atoms with van der Waals surface area (Å²) in [6.07, 6.45) is 3.46. The fourth-order valence-corrected chi connectivity index (χ4v) is 3.34. The zero-order valence-corrected chi connectivity index (χ0v) is 18.1. The Morgan fingerprint density at radius 2 is 1.97 bits per heavy atom. The molecule has 0 spiro atoms. The summed E-state index contributed by atoms with van der Waals surface area (Å²) in [6, 6.07) is 9.63. The second-order valence-corrected chi connectivity index (χ2v) is 7.75. The van der Waals surface area contributed by atoms with E-state index in [9.17, 15) is 9.59 Å². The van der Waals surface area contributed by atoms with Crippen LogP contribution in [0.25, 0.3) is 22.3 Å². The smallest absolute Gasteiger partial charge is 0.330 e. The maximum Gasteiger partial charge on any atom is 0.330 e. The highest BCUT2D eigenvalue weighted by atomic mass is 16.5. The quantitative estimate of drug-likeness (QED) is 0.395. The van der Waals surface area contributed by atoms with Gasteiger partial charge in [-0.25, -0.2) is 9.78 Å². The van der Waals surface area contributed by atoms with Gasteiger partial charge in [0.2, 0.25) is 0 Å². The largest absolute Gasteiger partial charge is 0.497 e. The number of unbranched alkanes of at least 4 members (excludes halogenated alkanes) is 1. The number of hydrogen-bond donors (Lipinski definition) is 0. The maximum absolute atomic E-state index is 13.1. The Labute approximate surface area is 176 Å². The van der Waals surface area contributed by atoms with Gasteiger partial charge in [0, 0.05) is 18.3 Å². The summed E-state index contributed by atoms with van der Waals surface area (Å²) in [4.78, 5) is 29.9. The van der Waals surface area contributed by atoms with Gasteiger partial charge in [0.05, 0.1) is 19.2 Å². The number of ether oxygens (including phenoxy) is 2. The summed E-state index contributed by atoms with van der Waals surface area (Å²) in [5.74, 6) is 0.589. The first-order chi connectivity index (χ1) is 14.4. The second-order valence-electron chi connectivity index (χ2n) is 7.75. The van der Waals surface area contributed by atoms with Crippen LogP contribution in [0.5, 0.6) is 5.75 Å². The van der Waals surface area contributed by atoms with Crippen molar-refractivity contribution in [2.24, 2.45) is 5.92 Å². The van der Waals surface area contributed by atoms with E-state index in [0.717, 1.165) is 29.7 Å². The van der Waals surface area contributed by atoms with Crippen LogP contribution in [-0.4, -0.2) is 33.8 Å². The van der Waals surface area contributed by atoms with Crippen LogP contribution in [0.2, 0.25) is 0 Å². The number of esters is 1. The summed E-state index contributed by atoms with van der Waals surface area (Å²) >= 11 is 0. The minimum atomic E-state index is -0.423. The summed E-state index contributed by atoms with van der Waals surface area (Å²) in [5, 5.41) is 0. The number of methoxy groups -OCH3 is 1. The zero-order valence-electron chi connectivity index (χ0n) is 18.1. The average Bonchev–Trinajstić information content (AvgIpc) is 2.98.